The molecular formula is C19H39NO2. The van der Waals surface area contributed by atoms with Crippen LogP contribution in [0.3, 0.4) is 0 Å². The number of esters is 1. The molecule has 0 aromatic heterocycles. The highest BCUT2D eigenvalue weighted by Crippen LogP contribution is 2.07. The Hall–Kier alpha value is -0.570. The summed E-state index contributed by atoms with van der Waals surface area (Å²) in [5.74, 6) is -0.0433. The zero-order valence-electron chi connectivity index (χ0n) is 15.4. The van der Waals surface area contributed by atoms with Gasteiger partial charge in [0.25, 0.3) is 0 Å². The molecule has 3 heteroatoms. The molecule has 0 aliphatic heterocycles. The van der Waals surface area contributed by atoms with Crippen LogP contribution in [-0.2, 0) is 9.53 Å². The zero-order chi connectivity index (χ0) is 16.5. The summed E-state index contributed by atoms with van der Waals surface area (Å²) in [6.45, 7) is 9.72. The van der Waals surface area contributed by atoms with Crippen LogP contribution in [0.15, 0.2) is 0 Å². The van der Waals surface area contributed by atoms with Crippen molar-refractivity contribution < 1.29 is 9.53 Å². The normalized spacial score (nSPS) is 11.1. The molecule has 0 rings (SSSR count). The van der Waals surface area contributed by atoms with Crippen LogP contribution in [0.2, 0.25) is 0 Å². The lowest BCUT2D eigenvalue weighted by Crippen LogP contribution is -2.33. The number of unbranched alkanes of at least 4 members (excludes halogenated alkanes) is 8. The fraction of sp³-hybridized carbons (Fsp3) is 0.947. The van der Waals surface area contributed by atoms with Crippen LogP contribution in [0, 0.1) is 0 Å². The van der Waals surface area contributed by atoms with Crippen molar-refractivity contribution >= 4 is 5.97 Å². The van der Waals surface area contributed by atoms with Gasteiger partial charge in [-0.3, -0.25) is 9.69 Å². The highest BCUT2D eigenvalue weighted by Gasteiger charge is 2.10. The molecule has 0 radical (unpaired) electrons. The molecule has 0 heterocycles. The fourth-order valence-corrected chi connectivity index (χ4v) is 2.51. The van der Waals surface area contributed by atoms with Gasteiger partial charge in [-0.05, 0) is 32.4 Å². The Kier molecular flexibility index (Phi) is 16.4. The molecule has 0 aromatic rings. The maximum absolute atomic E-state index is 11.9. The van der Waals surface area contributed by atoms with Gasteiger partial charge in [0.2, 0.25) is 0 Å². The summed E-state index contributed by atoms with van der Waals surface area (Å²) in [6.07, 6.45) is 13.5. The van der Waals surface area contributed by atoms with Gasteiger partial charge in [0, 0.05) is 0 Å². The quantitative estimate of drug-likeness (QED) is 0.290. The van der Waals surface area contributed by atoms with Crippen LogP contribution in [0.25, 0.3) is 0 Å². The number of nitrogens with zero attached hydrogens (tertiary/aromatic N) is 1. The predicted octanol–water partition coefficient (Wildman–Crippen LogP) is 5.18. The van der Waals surface area contributed by atoms with Crippen LogP contribution in [0.5, 0.6) is 0 Å². The Bertz CT molecular complexity index is 236. The van der Waals surface area contributed by atoms with Crippen LogP contribution in [-0.4, -0.2) is 37.1 Å². The Morgan fingerprint density at radius 3 is 1.77 bits per heavy atom. The number of ether oxygens (including phenoxy) is 1. The number of hydrogen-bond acceptors (Lipinski definition) is 3. The molecule has 0 saturated carbocycles. The molecule has 132 valence electrons. The molecule has 22 heavy (non-hydrogen) atoms. The molecule has 0 atom stereocenters. The molecule has 0 aliphatic carbocycles. The van der Waals surface area contributed by atoms with Crippen molar-refractivity contribution in [2.24, 2.45) is 0 Å². The van der Waals surface area contributed by atoms with E-state index in [1.807, 2.05) is 0 Å². The van der Waals surface area contributed by atoms with Gasteiger partial charge in [-0.2, -0.15) is 0 Å². The van der Waals surface area contributed by atoms with E-state index >= 15 is 0 Å². The lowest BCUT2D eigenvalue weighted by Gasteiger charge is -2.20. The zero-order valence-corrected chi connectivity index (χ0v) is 15.4. The van der Waals surface area contributed by atoms with E-state index in [2.05, 4.69) is 25.7 Å². The van der Waals surface area contributed by atoms with E-state index in [4.69, 9.17) is 4.74 Å². The lowest BCUT2D eigenvalue weighted by molar-refractivity contribution is -0.145. The standard InChI is InChI=1S/C19H39NO2/c1-4-7-10-11-12-13-14-17-22-19(21)18-20(15-8-5-2)16-9-6-3/h4-18H2,1-3H3. The van der Waals surface area contributed by atoms with Gasteiger partial charge in [0.1, 0.15) is 0 Å². The molecule has 0 bridgehead atoms. The van der Waals surface area contributed by atoms with E-state index in [0.29, 0.717) is 13.2 Å². The lowest BCUT2D eigenvalue weighted by atomic mass is 10.1. The largest absolute Gasteiger partial charge is 0.465 e. The van der Waals surface area contributed by atoms with Gasteiger partial charge in [-0.25, -0.2) is 0 Å². The van der Waals surface area contributed by atoms with E-state index in [-0.39, 0.29) is 5.97 Å². The summed E-state index contributed by atoms with van der Waals surface area (Å²) >= 11 is 0. The van der Waals surface area contributed by atoms with Gasteiger partial charge in [-0.1, -0.05) is 72.1 Å². The molecule has 0 aromatic carbocycles. The van der Waals surface area contributed by atoms with Gasteiger partial charge in [0.05, 0.1) is 13.2 Å². The third-order valence-electron chi connectivity index (χ3n) is 4.02. The summed E-state index contributed by atoms with van der Waals surface area (Å²) in [5, 5.41) is 0. The molecule has 0 unspecified atom stereocenters. The molecule has 0 N–H and O–H groups in total. The van der Waals surface area contributed by atoms with Crippen molar-refractivity contribution in [2.75, 3.05) is 26.2 Å². The Morgan fingerprint density at radius 2 is 1.23 bits per heavy atom. The summed E-state index contributed by atoms with van der Waals surface area (Å²) in [4.78, 5) is 14.1. The van der Waals surface area contributed by atoms with Crippen molar-refractivity contribution in [2.45, 2.75) is 91.4 Å². The molecule has 0 amide bonds. The molecule has 0 aliphatic rings. The topological polar surface area (TPSA) is 29.5 Å². The summed E-state index contributed by atoms with van der Waals surface area (Å²) in [5.41, 5.74) is 0. The SMILES string of the molecule is CCCCCCCCCOC(=O)CN(CCCC)CCCC. The van der Waals surface area contributed by atoms with Crippen molar-refractivity contribution in [3.05, 3.63) is 0 Å². The predicted molar refractivity (Wildman–Crippen MR) is 95.2 cm³/mol. The molecule has 0 spiro atoms. The average Bonchev–Trinajstić information content (AvgIpc) is 2.52. The van der Waals surface area contributed by atoms with Crippen molar-refractivity contribution in [1.29, 1.82) is 0 Å². The van der Waals surface area contributed by atoms with E-state index < -0.39 is 0 Å². The molecule has 3 nitrogen and oxygen atoms in total. The number of carbonyl (C=O) groups excluding carboxylic acids is 1. The highest BCUT2D eigenvalue weighted by molar-refractivity contribution is 5.71. The van der Waals surface area contributed by atoms with Crippen LogP contribution < -0.4 is 0 Å². The van der Waals surface area contributed by atoms with Crippen molar-refractivity contribution in [1.82, 2.24) is 4.90 Å². The molecule has 0 fully saturated rings. The van der Waals surface area contributed by atoms with Crippen molar-refractivity contribution in [3.63, 3.8) is 0 Å². The Morgan fingerprint density at radius 1 is 0.727 bits per heavy atom. The first-order valence-electron chi connectivity index (χ1n) is 9.62. The second-order valence-electron chi connectivity index (χ2n) is 6.33. The third kappa shape index (κ3) is 14.4. The minimum absolute atomic E-state index is 0.0433. The second-order valence-corrected chi connectivity index (χ2v) is 6.33. The maximum Gasteiger partial charge on any atom is 0.320 e. The van der Waals surface area contributed by atoms with E-state index in [9.17, 15) is 4.79 Å². The summed E-state index contributed by atoms with van der Waals surface area (Å²) in [7, 11) is 0. The molecule has 0 saturated heterocycles. The van der Waals surface area contributed by atoms with Gasteiger partial charge in [-0.15, -0.1) is 0 Å². The van der Waals surface area contributed by atoms with Crippen molar-refractivity contribution in [3.8, 4) is 0 Å². The van der Waals surface area contributed by atoms with Crippen LogP contribution in [0.4, 0.5) is 0 Å². The first-order valence-corrected chi connectivity index (χ1v) is 9.62. The summed E-state index contributed by atoms with van der Waals surface area (Å²) < 4.78 is 5.38. The van der Waals surface area contributed by atoms with E-state index in [1.165, 1.54) is 51.4 Å². The monoisotopic (exact) mass is 313 g/mol. The maximum atomic E-state index is 11.9. The third-order valence-corrected chi connectivity index (χ3v) is 4.02. The van der Waals surface area contributed by atoms with E-state index in [0.717, 1.165) is 32.4 Å². The highest BCUT2D eigenvalue weighted by atomic mass is 16.5. The fourth-order valence-electron chi connectivity index (χ4n) is 2.51. The van der Waals surface area contributed by atoms with Gasteiger partial charge >= 0.3 is 5.97 Å². The van der Waals surface area contributed by atoms with Crippen LogP contribution in [0.1, 0.15) is 91.4 Å². The molecular weight excluding hydrogens is 274 g/mol. The van der Waals surface area contributed by atoms with Gasteiger partial charge in [0.15, 0.2) is 0 Å². The number of hydrogen-bond donors (Lipinski definition) is 0. The van der Waals surface area contributed by atoms with E-state index in [1.54, 1.807) is 0 Å². The second kappa shape index (κ2) is 16.8. The van der Waals surface area contributed by atoms with Gasteiger partial charge < -0.3 is 4.74 Å². The first-order chi connectivity index (χ1) is 10.7. The minimum atomic E-state index is -0.0433. The number of carbonyl (C=O) groups is 1. The Balaban J connectivity index is 3.62. The first kappa shape index (κ1) is 21.4. The number of rotatable bonds is 16. The smallest absolute Gasteiger partial charge is 0.320 e. The minimum Gasteiger partial charge on any atom is -0.465 e. The average molecular weight is 314 g/mol. The summed E-state index contributed by atoms with van der Waals surface area (Å²) in [6, 6.07) is 0. The Labute approximate surface area is 138 Å². The van der Waals surface area contributed by atoms with Crippen LogP contribution >= 0.6 is 0 Å².